The van der Waals surface area contributed by atoms with Crippen LogP contribution in [-0.2, 0) is 9.53 Å². The lowest BCUT2D eigenvalue weighted by Gasteiger charge is -2.14. The maximum absolute atomic E-state index is 13.1. The van der Waals surface area contributed by atoms with Crippen LogP contribution in [0.1, 0.15) is 66.6 Å². The Hall–Kier alpha value is -2.05. The molecule has 1 aliphatic carbocycles. The number of esters is 1. The van der Waals surface area contributed by atoms with Gasteiger partial charge in [0.1, 0.15) is 0 Å². The molecule has 0 unspecified atom stereocenters. The predicted octanol–water partition coefficient (Wildman–Crippen LogP) is 5.24. The van der Waals surface area contributed by atoms with E-state index in [2.05, 4.69) is 10.5 Å². The maximum Gasteiger partial charge on any atom is 0.307 e. The number of rotatable bonds is 10. The SMILES string of the molecule is CCCCOC(=O)CCNc1c(C(=O)c2cnoc2C2CC2)ccc(Cl)c1Cl. The van der Waals surface area contributed by atoms with Crippen molar-refractivity contribution in [3.8, 4) is 0 Å². The fraction of sp³-hybridized carbons (Fsp3) is 0.450. The van der Waals surface area contributed by atoms with E-state index >= 15 is 0 Å². The van der Waals surface area contributed by atoms with E-state index in [1.165, 1.54) is 6.20 Å². The first-order chi connectivity index (χ1) is 13.5. The Balaban J connectivity index is 1.73. The van der Waals surface area contributed by atoms with E-state index in [4.69, 9.17) is 32.5 Å². The van der Waals surface area contributed by atoms with Crippen LogP contribution in [0.25, 0.3) is 0 Å². The van der Waals surface area contributed by atoms with Crippen molar-refractivity contribution in [3.63, 3.8) is 0 Å². The fourth-order valence-corrected chi connectivity index (χ4v) is 3.20. The van der Waals surface area contributed by atoms with Gasteiger partial charge in [0.25, 0.3) is 0 Å². The lowest BCUT2D eigenvalue weighted by Crippen LogP contribution is -2.15. The highest BCUT2D eigenvalue weighted by Crippen LogP contribution is 2.43. The van der Waals surface area contributed by atoms with Gasteiger partial charge >= 0.3 is 5.97 Å². The number of hydrogen-bond donors (Lipinski definition) is 1. The highest BCUT2D eigenvalue weighted by Gasteiger charge is 2.33. The fourth-order valence-electron chi connectivity index (χ4n) is 2.81. The number of aromatic nitrogens is 1. The normalized spacial score (nSPS) is 13.4. The Kier molecular flexibility index (Phi) is 6.97. The number of hydrogen-bond acceptors (Lipinski definition) is 6. The molecule has 1 aromatic carbocycles. The van der Waals surface area contributed by atoms with E-state index in [9.17, 15) is 9.59 Å². The third-order valence-electron chi connectivity index (χ3n) is 4.52. The topological polar surface area (TPSA) is 81.4 Å². The highest BCUT2D eigenvalue weighted by molar-refractivity contribution is 6.44. The van der Waals surface area contributed by atoms with Gasteiger partial charge in [0.2, 0.25) is 0 Å². The summed E-state index contributed by atoms with van der Waals surface area (Å²) in [7, 11) is 0. The van der Waals surface area contributed by atoms with Crippen molar-refractivity contribution >= 4 is 40.6 Å². The van der Waals surface area contributed by atoms with Crippen LogP contribution in [0.5, 0.6) is 0 Å². The second kappa shape index (κ2) is 9.43. The van der Waals surface area contributed by atoms with E-state index < -0.39 is 0 Å². The van der Waals surface area contributed by atoms with E-state index in [1.54, 1.807) is 12.1 Å². The predicted molar refractivity (Wildman–Crippen MR) is 107 cm³/mol. The summed E-state index contributed by atoms with van der Waals surface area (Å²) in [6.45, 7) is 2.71. The summed E-state index contributed by atoms with van der Waals surface area (Å²) in [6, 6.07) is 3.19. The number of nitrogens with zero attached hydrogens (tertiary/aromatic N) is 1. The number of nitrogens with one attached hydrogen (secondary N) is 1. The molecule has 28 heavy (non-hydrogen) atoms. The van der Waals surface area contributed by atoms with E-state index in [0.717, 1.165) is 25.7 Å². The number of unbranched alkanes of at least 4 members (excludes halogenated alkanes) is 1. The third-order valence-corrected chi connectivity index (χ3v) is 5.33. The summed E-state index contributed by atoms with van der Waals surface area (Å²) in [6.07, 6.45) is 5.36. The number of anilines is 1. The van der Waals surface area contributed by atoms with Crippen LogP contribution in [-0.4, -0.2) is 30.1 Å². The van der Waals surface area contributed by atoms with Crippen molar-refractivity contribution in [2.75, 3.05) is 18.5 Å². The van der Waals surface area contributed by atoms with Crippen molar-refractivity contribution in [2.45, 2.75) is 44.9 Å². The smallest absolute Gasteiger partial charge is 0.307 e. The summed E-state index contributed by atoms with van der Waals surface area (Å²) in [4.78, 5) is 24.9. The van der Waals surface area contributed by atoms with Gasteiger partial charge in [0, 0.05) is 18.0 Å². The zero-order valence-corrected chi connectivity index (χ0v) is 17.1. The molecule has 6 nitrogen and oxygen atoms in total. The highest BCUT2D eigenvalue weighted by atomic mass is 35.5. The van der Waals surface area contributed by atoms with Crippen molar-refractivity contribution in [2.24, 2.45) is 0 Å². The standard InChI is InChI=1S/C20H22Cl2N2O4/c1-2-3-10-27-16(25)8-9-23-18-13(6-7-15(21)17(18)22)19(26)14-11-24-28-20(14)12-4-5-12/h6-7,11-12,23H,2-5,8-10H2,1H3. The Bertz CT molecular complexity index is 862. The van der Waals surface area contributed by atoms with Crippen LogP contribution in [0.4, 0.5) is 5.69 Å². The van der Waals surface area contributed by atoms with Crippen LogP contribution in [0, 0.1) is 0 Å². The van der Waals surface area contributed by atoms with Gasteiger partial charge in [-0.05, 0) is 31.4 Å². The number of ketones is 1. The Morgan fingerprint density at radius 2 is 2.07 bits per heavy atom. The molecule has 0 spiro atoms. The first-order valence-corrected chi connectivity index (χ1v) is 10.1. The molecule has 2 aromatic rings. The summed E-state index contributed by atoms with van der Waals surface area (Å²) >= 11 is 12.5. The minimum absolute atomic E-state index is 0.154. The number of carbonyl (C=O) groups excluding carboxylic acids is 2. The largest absolute Gasteiger partial charge is 0.466 e. The monoisotopic (exact) mass is 424 g/mol. The molecule has 1 fully saturated rings. The summed E-state index contributed by atoms with van der Waals surface area (Å²) in [5.41, 5.74) is 1.19. The first-order valence-electron chi connectivity index (χ1n) is 9.39. The van der Waals surface area contributed by atoms with Crippen LogP contribution >= 0.6 is 23.2 Å². The number of benzene rings is 1. The minimum Gasteiger partial charge on any atom is -0.466 e. The summed E-state index contributed by atoms with van der Waals surface area (Å²) < 4.78 is 10.4. The second-order valence-electron chi connectivity index (χ2n) is 6.74. The molecule has 1 saturated carbocycles. The van der Waals surface area contributed by atoms with Gasteiger partial charge in [-0.1, -0.05) is 41.7 Å². The number of ether oxygens (including phenoxy) is 1. The summed E-state index contributed by atoms with van der Waals surface area (Å²) in [5, 5.41) is 7.40. The molecule has 1 aliphatic rings. The van der Waals surface area contributed by atoms with Crippen molar-refractivity contribution in [3.05, 3.63) is 45.3 Å². The van der Waals surface area contributed by atoms with Crippen molar-refractivity contribution in [1.82, 2.24) is 5.16 Å². The molecule has 1 heterocycles. The van der Waals surface area contributed by atoms with Gasteiger partial charge in [-0.3, -0.25) is 9.59 Å². The Morgan fingerprint density at radius 3 is 2.79 bits per heavy atom. The molecular weight excluding hydrogens is 403 g/mol. The molecule has 3 rings (SSSR count). The quantitative estimate of drug-likeness (QED) is 0.319. The molecule has 150 valence electrons. The lowest BCUT2D eigenvalue weighted by atomic mass is 10.0. The van der Waals surface area contributed by atoms with Gasteiger partial charge in [-0.15, -0.1) is 0 Å². The first kappa shape index (κ1) is 20.7. The molecule has 0 radical (unpaired) electrons. The zero-order valence-electron chi connectivity index (χ0n) is 15.6. The van der Waals surface area contributed by atoms with Gasteiger partial charge in [-0.25, -0.2) is 0 Å². The number of carbonyl (C=O) groups is 2. The third kappa shape index (κ3) is 4.86. The zero-order chi connectivity index (χ0) is 20.1. The van der Waals surface area contributed by atoms with Gasteiger partial charge in [-0.2, -0.15) is 0 Å². The molecule has 1 aromatic heterocycles. The van der Waals surface area contributed by atoms with Crippen LogP contribution in [0.15, 0.2) is 22.9 Å². The Labute approximate surface area is 173 Å². The molecule has 0 saturated heterocycles. The molecular formula is C20H22Cl2N2O4. The Morgan fingerprint density at radius 1 is 1.29 bits per heavy atom. The van der Waals surface area contributed by atoms with Crippen LogP contribution < -0.4 is 5.32 Å². The van der Waals surface area contributed by atoms with Gasteiger partial charge in [0.15, 0.2) is 11.5 Å². The van der Waals surface area contributed by atoms with Gasteiger partial charge < -0.3 is 14.6 Å². The van der Waals surface area contributed by atoms with Crippen molar-refractivity contribution in [1.29, 1.82) is 0 Å². The van der Waals surface area contributed by atoms with E-state index in [-0.39, 0.29) is 35.7 Å². The maximum atomic E-state index is 13.1. The molecule has 8 heteroatoms. The van der Waals surface area contributed by atoms with Gasteiger partial charge in [0.05, 0.1) is 40.5 Å². The minimum atomic E-state index is -0.304. The van der Waals surface area contributed by atoms with E-state index in [0.29, 0.717) is 34.2 Å². The summed E-state index contributed by atoms with van der Waals surface area (Å²) in [5.74, 6) is 0.316. The average molecular weight is 425 g/mol. The van der Waals surface area contributed by atoms with Crippen molar-refractivity contribution < 1.29 is 18.8 Å². The van der Waals surface area contributed by atoms with E-state index in [1.807, 2.05) is 6.92 Å². The molecule has 0 aliphatic heterocycles. The molecule has 0 atom stereocenters. The van der Waals surface area contributed by atoms with Crippen LogP contribution in [0.3, 0.4) is 0 Å². The molecule has 1 N–H and O–H groups in total. The molecule has 0 bridgehead atoms. The average Bonchev–Trinajstić information content (AvgIpc) is 3.41. The number of halogens is 2. The molecule has 0 amide bonds. The van der Waals surface area contributed by atoms with Crippen LogP contribution in [0.2, 0.25) is 10.0 Å². The second-order valence-corrected chi connectivity index (χ2v) is 7.53. The lowest BCUT2D eigenvalue weighted by molar-refractivity contribution is -0.143.